The molecule has 1 rings (SSSR count). The highest BCUT2D eigenvalue weighted by molar-refractivity contribution is 5.98. The van der Waals surface area contributed by atoms with Crippen molar-refractivity contribution in [3.63, 3.8) is 0 Å². The van der Waals surface area contributed by atoms with E-state index in [1.807, 2.05) is 32.8 Å². The lowest BCUT2D eigenvalue weighted by molar-refractivity contribution is 0.0916. The molecule has 1 heterocycles. The van der Waals surface area contributed by atoms with Crippen LogP contribution in [0.25, 0.3) is 0 Å². The number of carbonyl (C=O) groups is 1. The predicted molar refractivity (Wildman–Crippen MR) is 78.4 cm³/mol. The molecule has 0 bridgehead atoms. The first kappa shape index (κ1) is 16.4. The Labute approximate surface area is 119 Å². The molecule has 2 N–H and O–H groups in total. The second kappa shape index (κ2) is 7.19. The maximum Gasteiger partial charge on any atom is 0.255 e. The maximum atomic E-state index is 13.3. The van der Waals surface area contributed by atoms with Crippen molar-refractivity contribution in [3.05, 3.63) is 23.6 Å². The lowest BCUT2D eigenvalue weighted by Crippen LogP contribution is -2.45. The Hall–Kier alpha value is -1.69. The van der Waals surface area contributed by atoms with Crippen LogP contribution >= 0.6 is 0 Å². The first-order valence-corrected chi connectivity index (χ1v) is 6.64. The third kappa shape index (κ3) is 4.45. The standard InChI is InChI=1S/C14H23FN4O/c1-9(2)12(8-19(4)5)18-14(20)11-6-10(15)7-17-13(11)16-3/h6-7,9,12H,8H2,1-5H3,(H,16,17)(H,18,20). The van der Waals surface area contributed by atoms with E-state index in [0.29, 0.717) is 5.82 Å². The molecule has 0 aliphatic carbocycles. The van der Waals surface area contributed by atoms with Crippen molar-refractivity contribution < 1.29 is 9.18 Å². The smallest absolute Gasteiger partial charge is 0.255 e. The van der Waals surface area contributed by atoms with Crippen LogP contribution in [0.4, 0.5) is 10.2 Å². The fourth-order valence-corrected chi connectivity index (χ4v) is 1.87. The van der Waals surface area contributed by atoms with Gasteiger partial charge in [0.15, 0.2) is 0 Å². The van der Waals surface area contributed by atoms with Crippen molar-refractivity contribution in [1.82, 2.24) is 15.2 Å². The number of likely N-dealkylation sites (N-methyl/N-ethyl adjacent to an activating group) is 1. The fourth-order valence-electron chi connectivity index (χ4n) is 1.87. The van der Waals surface area contributed by atoms with Gasteiger partial charge < -0.3 is 15.5 Å². The number of anilines is 1. The second-order valence-corrected chi connectivity index (χ2v) is 5.39. The van der Waals surface area contributed by atoms with Crippen LogP contribution in [0.15, 0.2) is 12.3 Å². The average molecular weight is 282 g/mol. The van der Waals surface area contributed by atoms with Crippen LogP contribution < -0.4 is 10.6 Å². The van der Waals surface area contributed by atoms with Gasteiger partial charge in [-0.05, 0) is 26.1 Å². The summed E-state index contributed by atoms with van der Waals surface area (Å²) in [5.41, 5.74) is 0.219. The van der Waals surface area contributed by atoms with E-state index in [9.17, 15) is 9.18 Å². The number of hydrogen-bond donors (Lipinski definition) is 2. The van der Waals surface area contributed by atoms with E-state index in [-0.39, 0.29) is 23.4 Å². The summed E-state index contributed by atoms with van der Waals surface area (Å²) in [6.45, 7) is 4.80. The molecule has 20 heavy (non-hydrogen) atoms. The van der Waals surface area contributed by atoms with Crippen molar-refractivity contribution in [1.29, 1.82) is 0 Å². The number of carbonyl (C=O) groups excluding carboxylic acids is 1. The molecule has 112 valence electrons. The number of nitrogens with zero attached hydrogens (tertiary/aromatic N) is 2. The summed E-state index contributed by atoms with van der Waals surface area (Å²) in [5, 5.41) is 5.74. The van der Waals surface area contributed by atoms with Gasteiger partial charge in [0.1, 0.15) is 11.6 Å². The van der Waals surface area contributed by atoms with Crippen LogP contribution in [-0.4, -0.2) is 49.5 Å². The molecule has 1 aromatic rings. The van der Waals surface area contributed by atoms with Gasteiger partial charge in [0, 0.05) is 19.6 Å². The Morgan fingerprint density at radius 3 is 2.60 bits per heavy atom. The minimum atomic E-state index is -0.525. The van der Waals surface area contributed by atoms with Gasteiger partial charge >= 0.3 is 0 Å². The zero-order valence-electron chi connectivity index (χ0n) is 12.7. The lowest BCUT2D eigenvalue weighted by atomic mass is 10.0. The van der Waals surface area contributed by atoms with E-state index in [0.717, 1.165) is 12.7 Å². The lowest BCUT2D eigenvalue weighted by Gasteiger charge is -2.25. The Morgan fingerprint density at radius 2 is 2.10 bits per heavy atom. The zero-order chi connectivity index (χ0) is 15.3. The molecule has 5 nitrogen and oxygen atoms in total. The summed E-state index contributed by atoms with van der Waals surface area (Å²) < 4.78 is 13.3. The van der Waals surface area contributed by atoms with Crippen molar-refractivity contribution in [3.8, 4) is 0 Å². The van der Waals surface area contributed by atoms with Gasteiger partial charge in [-0.2, -0.15) is 0 Å². The largest absolute Gasteiger partial charge is 0.372 e. The fraction of sp³-hybridized carbons (Fsp3) is 0.571. The topological polar surface area (TPSA) is 57.3 Å². The summed E-state index contributed by atoms with van der Waals surface area (Å²) in [4.78, 5) is 18.2. The van der Waals surface area contributed by atoms with Gasteiger partial charge in [-0.15, -0.1) is 0 Å². The molecule has 6 heteroatoms. The molecule has 0 fully saturated rings. The molecule has 0 aromatic carbocycles. The molecule has 0 aliphatic rings. The second-order valence-electron chi connectivity index (χ2n) is 5.39. The molecule has 1 atom stereocenters. The third-order valence-electron chi connectivity index (χ3n) is 3.02. The van der Waals surface area contributed by atoms with Crippen LogP contribution in [0.1, 0.15) is 24.2 Å². The Balaban J connectivity index is 2.91. The van der Waals surface area contributed by atoms with Crippen molar-refractivity contribution >= 4 is 11.7 Å². The van der Waals surface area contributed by atoms with E-state index in [1.54, 1.807) is 7.05 Å². The molecule has 0 saturated heterocycles. The number of halogens is 1. The SMILES string of the molecule is CNc1ncc(F)cc1C(=O)NC(CN(C)C)C(C)C. The van der Waals surface area contributed by atoms with E-state index in [2.05, 4.69) is 15.6 Å². The highest BCUT2D eigenvalue weighted by Gasteiger charge is 2.20. The minimum Gasteiger partial charge on any atom is -0.372 e. The summed E-state index contributed by atoms with van der Waals surface area (Å²) in [6, 6.07) is 1.19. The van der Waals surface area contributed by atoms with E-state index >= 15 is 0 Å². The summed E-state index contributed by atoms with van der Waals surface area (Å²) in [6.07, 6.45) is 1.09. The first-order chi connectivity index (χ1) is 9.35. The normalized spacial score (nSPS) is 12.6. The number of pyridine rings is 1. The molecule has 1 amide bonds. The molecule has 0 aliphatic heterocycles. The van der Waals surface area contributed by atoms with Crippen LogP contribution in [0.5, 0.6) is 0 Å². The number of rotatable bonds is 6. The van der Waals surface area contributed by atoms with Crippen molar-refractivity contribution in [2.24, 2.45) is 5.92 Å². The van der Waals surface area contributed by atoms with Gasteiger partial charge in [0.05, 0.1) is 11.8 Å². The van der Waals surface area contributed by atoms with Gasteiger partial charge in [0.2, 0.25) is 0 Å². The average Bonchev–Trinajstić information content (AvgIpc) is 2.37. The Bertz CT molecular complexity index is 462. The number of hydrogen-bond acceptors (Lipinski definition) is 4. The van der Waals surface area contributed by atoms with E-state index < -0.39 is 5.82 Å². The van der Waals surface area contributed by atoms with Gasteiger partial charge in [-0.1, -0.05) is 13.8 Å². The minimum absolute atomic E-state index is 0.00882. The molecule has 1 aromatic heterocycles. The highest BCUT2D eigenvalue weighted by Crippen LogP contribution is 2.14. The zero-order valence-corrected chi connectivity index (χ0v) is 12.7. The molecule has 0 radical (unpaired) electrons. The van der Waals surface area contributed by atoms with Crippen LogP contribution in [0, 0.1) is 11.7 Å². The predicted octanol–water partition coefficient (Wildman–Crippen LogP) is 1.58. The van der Waals surface area contributed by atoms with Crippen molar-refractivity contribution in [2.75, 3.05) is 33.0 Å². The summed E-state index contributed by atoms with van der Waals surface area (Å²) in [5.74, 6) is -0.193. The maximum absolute atomic E-state index is 13.3. The third-order valence-corrected chi connectivity index (χ3v) is 3.02. The number of aromatic nitrogens is 1. The van der Waals surface area contributed by atoms with Gasteiger partial charge in [-0.3, -0.25) is 4.79 Å². The Morgan fingerprint density at radius 1 is 1.45 bits per heavy atom. The van der Waals surface area contributed by atoms with Gasteiger partial charge in [-0.25, -0.2) is 9.37 Å². The van der Waals surface area contributed by atoms with Crippen molar-refractivity contribution in [2.45, 2.75) is 19.9 Å². The molecular formula is C14H23FN4O. The molecular weight excluding hydrogens is 259 g/mol. The summed E-state index contributed by atoms with van der Waals surface area (Å²) in [7, 11) is 5.55. The quantitative estimate of drug-likeness (QED) is 0.832. The highest BCUT2D eigenvalue weighted by atomic mass is 19.1. The van der Waals surface area contributed by atoms with Crippen LogP contribution in [-0.2, 0) is 0 Å². The first-order valence-electron chi connectivity index (χ1n) is 6.64. The number of nitrogens with one attached hydrogen (secondary N) is 2. The summed E-state index contributed by atoms with van der Waals surface area (Å²) >= 11 is 0. The monoisotopic (exact) mass is 282 g/mol. The van der Waals surface area contributed by atoms with Gasteiger partial charge in [0.25, 0.3) is 5.91 Å². The Kier molecular flexibility index (Phi) is 5.88. The molecule has 1 unspecified atom stereocenters. The van der Waals surface area contributed by atoms with E-state index in [1.165, 1.54) is 6.07 Å². The van der Waals surface area contributed by atoms with Crippen LogP contribution in [0.3, 0.4) is 0 Å². The van der Waals surface area contributed by atoms with Crippen LogP contribution in [0.2, 0.25) is 0 Å². The van der Waals surface area contributed by atoms with E-state index in [4.69, 9.17) is 0 Å². The molecule has 0 saturated carbocycles. The molecule has 0 spiro atoms. The number of amides is 1.